The molecule has 0 amide bonds. The van der Waals surface area contributed by atoms with E-state index in [4.69, 9.17) is 0 Å². The maximum absolute atomic E-state index is 11.6. The predicted octanol–water partition coefficient (Wildman–Crippen LogP) is 1.10. The number of aromatic amines is 1. The number of aromatic nitrogens is 2. The van der Waals surface area contributed by atoms with E-state index in [-0.39, 0.29) is 5.56 Å². The second-order valence-electron chi connectivity index (χ2n) is 3.18. The summed E-state index contributed by atoms with van der Waals surface area (Å²) in [5, 5.41) is 4.95. The Labute approximate surface area is 96.7 Å². The van der Waals surface area contributed by atoms with Gasteiger partial charge in [-0.25, -0.2) is 4.98 Å². The summed E-state index contributed by atoms with van der Waals surface area (Å²) in [7, 11) is 0. The Morgan fingerprint density at radius 2 is 2.50 bits per heavy atom. The van der Waals surface area contributed by atoms with E-state index in [1.54, 1.807) is 6.92 Å². The molecule has 82 valence electrons. The molecule has 0 atom stereocenters. The second kappa shape index (κ2) is 4.92. The van der Waals surface area contributed by atoms with E-state index >= 15 is 0 Å². The van der Waals surface area contributed by atoms with Crippen LogP contribution in [0, 0.1) is 11.8 Å². The molecule has 0 fully saturated rings. The maximum Gasteiger partial charge on any atom is 0.268 e. The number of nitrogens with one attached hydrogen (secondary N) is 2. The van der Waals surface area contributed by atoms with Gasteiger partial charge in [-0.15, -0.1) is 17.3 Å². The summed E-state index contributed by atoms with van der Waals surface area (Å²) in [4.78, 5) is 18.7. The highest BCUT2D eigenvalue weighted by Gasteiger charge is 2.03. The van der Waals surface area contributed by atoms with Crippen molar-refractivity contribution in [1.82, 2.24) is 15.3 Å². The molecule has 4 nitrogen and oxygen atoms in total. The molecule has 16 heavy (non-hydrogen) atoms. The first-order valence-corrected chi connectivity index (χ1v) is 5.76. The third kappa shape index (κ3) is 2.30. The van der Waals surface area contributed by atoms with Crippen LogP contribution in [0.4, 0.5) is 0 Å². The molecular weight excluding hydrogens is 222 g/mol. The van der Waals surface area contributed by atoms with Crippen LogP contribution in [0.3, 0.4) is 0 Å². The molecule has 0 aliphatic rings. The Bertz CT molecular complexity index is 603. The zero-order chi connectivity index (χ0) is 11.4. The molecule has 0 bridgehead atoms. The molecule has 5 heteroatoms. The molecule has 0 aliphatic heterocycles. The zero-order valence-corrected chi connectivity index (χ0v) is 9.65. The minimum atomic E-state index is -0.0709. The van der Waals surface area contributed by atoms with Crippen LogP contribution in [0.5, 0.6) is 0 Å². The van der Waals surface area contributed by atoms with E-state index in [2.05, 4.69) is 27.1 Å². The maximum atomic E-state index is 11.6. The Hall–Kier alpha value is -1.64. The van der Waals surface area contributed by atoms with Crippen molar-refractivity contribution >= 4 is 21.6 Å². The normalized spacial score (nSPS) is 10.1. The van der Waals surface area contributed by atoms with Crippen molar-refractivity contribution in [2.75, 3.05) is 6.54 Å². The van der Waals surface area contributed by atoms with Crippen LogP contribution in [0.2, 0.25) is 0 Å². The van der Waals surface area contributed by atoms with Gasteiger partial charge in [-0.3, -0.25) is 10.1 Å². The Kier molecular flexibility index (Phi) is 3.34. The molecular formula is C11H11N3OS. The average molecular weight is 233 g/mol. The van der Waals surface area contributed by atoms with E-state index in [1.165, 1.54) is 11.3 Å². The monoisotopic (exact) mass is 233 g/mol. The van der Waals surface area contributed by atoms with Crippen LogP contribution in [0.1, 0.15) is 12.7 Å². The molecule has 0 saturated heterocycles. The van der Waals surface area contributed by atoms with Gasteiger partial charge in [-0.05, 0) is 18.4 Å². The van der Waals surface area contributed by atoms with Gasteiger partial charge in [-0.2, -0.15) is 0 Å². The lowest BCUT2D eigenvalue weighted by Gasteiger charge is -2.00. The Balaban J connectivity index is 2.17. The number of rotatable bonds is 3. The largest absolute Gasteiger partial charge is 0.308 e. The minimum absolute atomic E-state index is 0.0709. The van der Waals surface area contributed by atoms with Gasteiger partial charge in [0.25, 0.3) is 5.56 Å². The van der Waals surface area contributed by atoms with Crippen molar-refractivity contribution in [2.24, 2.45) is 0 Å². The van der Waals surface area contributed by atoms with Crippen molar-refractivity contribution in [3.05, 3.63) is 27.6 Å². The van der Waals surface area contributed by atoms with E-state index in [0.29, 0.717) is 23.6 Å². The third-order valence-electron chi connectivity index (χ3n) is 2.05. The molecule has 2 aromatic heterocycles. The highest BCUT2D eigenvalue weighted by atomic mass is 32.1. The van der Waals surface area contributed by atoms with E-state index in [0.717, 1.165) is 5.52 Å². The fourth-order valence-corrected chi connectivity index (χ4v) is 2.06. The first kappa shape index (κ1) is 10.9. The van der Waals surface area contributed by atoms with Gasteiger partial charge in [-0.1, -0.05) is 5.92 Å². The number of nitrogens with zero attached hydrogens (tertiary/aromatic N) is 1. The van der Waals surface area contributed by atoms with Crippen LogP contribution >= 0.6 is 11.3 Å². The number of hydrogen-bond donors (Lipinski definition) is 2. The zero-order valence-electron chi connectivity index (χ0n) is 8.83. The first-order valence-electron chi connectivity index (χ1n) is 4.88. The fraction of sp³-hybridized carbons (Fsp3) is 0.273. The summed E-state index contributed by atoms with van der Waals surface area (Å²) in [5.41, 5.74) is 0.686. The average Bonchev–Trinajstić information content (AvgIpc) is 2.73. The van der Waals surface area contributed by atoms with Gasteiger partial charge in [0.2, 0.25) is 0 Å². The Morgan fingerprint density at radius 1 is 1.62 bits per heavy atom. The van der Waals surface area contributed by atoms with Gasteiger partial charge in [0.1, 0.15) is 10.5 Å². The second-order valence-corrected chi connectivity index (χ2v) is 4.09. The Morgan fingerprint density at radius 3 is 3.31 bits per heavy atom. The summed E-state index contributed by atoms with van der Waals surface area (Å²) in [6, 6.07) is 1.85. The highest BCUT2D eigenvalue weighted by Crippen LogP contribution is 2.13. The SMILES string of the molecule is CC#CCNCc1nc2ccsc2c(=O)[nH]1. The topological polar surface area (TPSA) is 57.8 Å². The lowest BCUT2D eigenvalue weighted by atomic mass is 10.4. The molecule has 2 aromatic rings. The smallest absolute Gasteiger partial charge is 0.268 e. The third-order valence-corrected chi connectivity index (χ3v) is 2.95. The molecule has 0 aliphatic carbocycles. The molecule has 0 unspecified atom stereocenters. The van der Waals surface area contributed by atoms with E-state index < -0.39 is 0 Å². The molecule has 2 N–H and O–H groups in total. The quantitative estimate of drug-likeness (QED) is 0.616. The molecule has 0 saturated carbocycles. The lowest BCUT2D eigenvalue weighted by molar-refractivity contribution is 0.725. The summed E-state index contributed by atoms with van der Waals surface area (Å²) in [5.74, 6) is 6.32. The standard InChI is InChI=1S/C11H11N3OS/c1-2-3-5-12-7-9-13-8-4-6-16-10(8)11(15)14-9/h4,6,12H,5,7H2,1H3,(H,13,14,15). The number of thiophene rings is 1. The van der Waals surface area contributed by atoms with E-state index in [9.17, 15) is 4.79 Å². The van der Waals surface area contributed by atoms with Crippen LogP contribution in [-0.4, -0.2) is 16.5 Å². The van der Waals surface area contributed by atoms with Crippen molar-refractivity contribution in [3.63, 3.8) is 0 Å². The highest BCUT2D eigenvalue weighted by molar-refractivity contribution is 7.17. The van der Waals surface area contributed by atoms with Crippen molar-refractivity contribution in [3.8, 4) is 11.8 Å². The predicted molar refractivity (Wildman–Crippen MR) is 65.4 cm³/mol. The fourth-order valence-electron chi connectivity index (χ4n) is 1.34. The van der Waals surface area contributed by atoms with Crippen molar-refractivity contribution in [1.29, 1.82) is 0 Å². The first-order chi connectivity index (χ1) is 7.81. The number of H-pyrrole nitrogens is 1. The van der Waals surface area contributed by atoms with Crippen molar-refractivity contribution in [2.45, 2.75) is 13.5 Å². The molecule has 2 heterocycles. The van der Waals surface area contributed by atoms with Crippen molar-refractivity contribution < 1.29 is 0 Å². The number of fused-ring (bicyclic) bond motifs is 1. The molecule has 0 aromatic carbocycles. The van der Waals surface area contributed by atoms with Gasteiger partial charge < -0.3 is 4.98 Å². The molecule has 0 radical (unpaired) electrons. The van der Waals surface area contributed by atoms with Crippen LogP contribution < -0.4 is 10.9 Å². The lowest BCUT2D eigenvalue weighted by Crippen LogP contribution is -2.19. The van der Waals surface area contributed by atoms with Gasteiger partial charge >= 0.3 is 0 Å². The summed E-state index contributed by atoms with van der Waals surface area (Å²) in [6.45, 7) is 2.91. The number of hydrogen-bond acceptors (Lipinski definition) is 4. The van der Waals surface area contributed by atoms with Gasteiger partial charge in [0.05, 0.1) is 18.6 Å². The van der Waals surface area contributed by atoms with Crippen LogP contribution in [0.25, 0.3) is 10.2 Å². The van der Waals surface area contributed by atoms with Gasteiger partial charge in [0.15, 0.2) is 0 Å². The van der Waals surface area contributed by atoms with E-state index in [1.807, 2.05) is 11.4 Å². The summed E-state index contributed by atoms with van der Waals surface area (Å²) >= 11 is 1.41. The molecule has 0 spiro atoms. The molecule has 2 rings (SSSR count). The van der Waals surface area contributed by atoms with Gasteiger partial charge in [0, 0.05) is 0 Å². The van der Waals surface area contributed by atoms with Crippen LogP contribution in [-0.2, 0) is 6.54 Å². The van der Waals surface area contributed by atoms with Crippen LogP contribution in [0.15, 0.2) is 16.2 Å². The summed E-state index contributed by atoms with van der Waals surface area (Å²) < 4.78 is 0.678. The summed E-state index contributed by atoms with van der Waals surface area (Å²) in [6.07, 6.45) is 0. The minimum Gasteiger partial charge on any atom is -0.308 e.